The summed E-state index contributed by atoms with van der Waals surface area (Å²) in [6.45, 7) is 6.34. The SMILES string of the molecule is O=C(CN1CCC(C(=O)c2ccccc2)CC1)NCC1(N2CCOCC2)CCCCC1. The van der Waals surface area contributed by atoms with E-state index in [1.807, 2.05) is 30.3 Å². The molecule has 0 spiro atoms. The summed E-state index contributed by atoms with van der Waals surface area (Å²) < 4.78 is 5.56. The average molecular weight is 428 g/mol. The number of nitrogens with one attached hydrogen (secondary N) is 1. The highest BCUT2D eigenvalue weighted by Crippen LogP contribution is 2.34. The number of piperidine rings is 1. The van der Waals surface area contributed by atoms with E-state index in [0.717, 1.165) is 64.3 Å². The molecule has 2 heterocycles. The van der Waals surface area contributed by atoms with Crippen molar-refractivity contribution in [2.45, 2.75) is 50.5 Å². The number of ketones is 1. The molecule has 1 aliphatic carbocycles. The van der Waals surface area contributed by atoms with Crippen LogP contribution in [0.5, 0.6) is 0 Å². The topological polar surface area (TPSA) is 61.9 Å². The van der Waals surface area contributed by atoms with Crippen molar-refractivity contribution in [1.29, 1.82) is 0 Å². The summed E-state index contributed by atoms with van der Waals surface area (Å²) in [6.07, 6.45) is 7.79. The zero-order valence-electron chi connectivity index (χ0n) is 18.7. The Hall–Kier alpha value is -1.76. The van der Waals surface area contributed by atoms with E-state index in [2.05, 4.69) is 15.1 Å². The first-order chi connectivity index (χ1) is 15.2. The van der Waals surface area contributed by atoms with E-state index in [4.69, 9.17) is 4.74 Å². The van der Waals surface area contributed by atoms with Crippen molar-refractivity contribution in [2.24, 2.45) is 5.92 Å². The number of hydrogen-bond donors (Lipinski definition) is 1. The number of Topliss-reactive ketones (excluding diaryl/α,β-unsaturated/α-hetero) is 1. The van der Waals surface area contributed by atoms with E-state index in [0.29, 0.717) is 6.54 Å². The number of morpholine rings is 1. The van der Waals surface area contributed by atoms with Crippen LogP contribution in [0.3, 0.4) is 0 Å². The van der Waals surface area contributed by atoms with Crippen LogP contribution >= 0.6 is 0 Å². The molecule has 0 radical (unpaired) electrons. The van der Waals surface area contributed by atoms with E-state index in [1.165, 1.54) is 32.1 Å². The fraction of sp³-hybridized carbons (Fsp3) is 0.680. The lowest BCUT2D eigenvalue weighted by atomic mass is 9.79. The van der Waals surface area contributed by atoms with Crippen LogP contribution in [-0.4, -0.2) is 79.5 Å². The summed E-state index contributed by atoms with van der Waals surface area (Å²) in [5.74, 6) is 0.439. The zero-order chi connectivity index (χ0) is 21.5. The third kappa shape index (κ3) is 5.73. The normalized spacial score (nSPS) is 23.4. The van der Waals surface area contributed by atoms with E-state index in [1.54, 1.807) is 0 Å². The number of rotatable bonds is 7. The average Bonchev–Trinajstić information content (AvgIpc) is 2.84. The molecule has 3 fully saturated rings. The second kappa shape index (κ2) is 10.7. The van der Waals surface area contributed by atoms with Gasteiger partial charge in [0.2, 0.25) is 5.91 Å². The highest BCUT2D eigenvalue weighted by molar-refractivity contribution is 5.97. The van der Waals surface area contributed by atoms with Crippen molar-refractivity contribution in [3.8, 4) is 0 Å². The molecule has 6 heteroatoms. The fourth-order valence-electron chi connectivity index (χ4n) is 5.57. The maximum absolute atomic E-state index is 12.8. The van der Waals surface area contributed by atoms with Crippen molar-refractivity contribution in [3.05, 3.63) is 35.9 Å². The molecule has 0 unspecified atom stereocenters. The minimum absolute atomic E-state index is 0.0774. The molecule has 3 aliphatic rings. The Morgan fingerprint density at radius 3 is 2.32 bits per heavy atom. The first-order valence-corrected chi connectivity index (χ1v) is 12.1. The Balaban J connectivity index is 1.24. The number of likely N-dealkylation sites (tertiary alicyclic amines) is 1. The summed E-state index contributed by atoms with van der Waals surface area (Å²) in [6, 6.07) is 9.58. The van der Waals surface area contributed by atoms with Gasteiger partial charge in [-0.1, -0.05) is 49.6 Å². The van der Waals surface area contributed by atoms with Crippen LogP contribution in [0.1, 0.15) is 55.3 Å². The number of hydrogen-bond acceptors (Lipinski definition) is 5. The minimum Gasteiger partial charge on any atom is -0.379 e. The quantitative estimate of drug-likeness (QED) is 0.678. The van der Waals surface area contributed by atoms with Crippen LogP contribution in [0.2, 0.25) is 0 Å². The van der Waals surface area contributed by atoms with Crippen LogP contribution in [0.4, 0.5) is 0 Å². The number of benzene rings is 1. The Kier molecular flexibility index (Phi) is 7.75. The van der Waals surface area contributed by atoms with Gasteiger partial charge in [0.1, 0.15) is 0 Å². The van der Waals surface area contributed by atoms with Gasteiger partial charge in [-0.3, -0.25) is 19.4 Å². The van der Waals surface area contributed by atoms with Crippen molar-refractivity contribution >= 4 is 11.7 Å². The van der Waals surface area contributed by atoms with E-state index < -0.39 is 0 Å². The molecule has 6 nitrogen and oxygen atoms in total. The summed E-state index contributed by atoms with van der Waals surface area (Å²) in [4.78, 5) is 30.2. The molecule has 1 amide bonds. The molecule has 1 N–H and O–H groups in total. The smallest absolute Gasteiger partial charge is 0.234 e. The minimum atomic E-state index is 0.0774. The van der Waals surface area contributed by atoms with Gasteiger partial charge in [0, 0.05) is 36.7 Å². The van der Waals surface area contributed by atoms with Crippen LogP contribution in [0.15, 0.2) is 30.3 Å². The molecule has 2 saturated heterocycles. The van der Waals surface area contributed by atoms with Crippen molar-refractivity contribution in [2.75, 3.05) is 52.5 Å². The van der Waals surface area contributed by atoms with Crippen molar-refractivity contribution < 1.29 is 14.3 Å². The Morgan fingerprint density at radius 2 is 1.65 bits per heavy atom. The number of carbonyl (C=O) groups excluding carboxylic acids is 2. The van der Waals surface area contributed by atoms with Gasteiger partial charge in [0.05, 0.1) is 19.8 Å². The first kappa shape index (κ1) is 22.4. The molecule has 0 aromatic heterocycles. The molecule has 2 aliphatic heterocycles. The number of carbonyl (C=O) groups is 2. The second-order valence-corrected chi connectivity index (χ2v) is 9.44. The summed E-state index contributed by atoms with van der Waals surface area (Å²) >= 11 is 0. The molecular formula is C25H37N3O3. The molecule has 0 atom stereocenters. The van der Waals surface area contributed by atoms with Crippen molar-refractivity contribution in [3.63, 3.8) is 0 Å². The van der Waals surface area contributed by atoms with Crippen LogP contribution in [-0.2, 0) is 9.53 Å². The predicted molar refractivity (Wildman–Crippen MR) is 121 cm³/mol. The standard InChI is InChI=1S/C25H37N3O3/c29-23(26-20-25(11-5-2-6-12-25)28-15-17-31-18-16-28)19-27-13-9-22(10-14-27)24(30)21-7-3-1-4-8-21/h1,3-4,7-8,22H,2,5-6,9-20H2,(H,26,29). The van der Waals surface area contributed by atoms with Gasteiger partial charge in [-0.15, -0.1) is 0 Å². The van der Waals surface area contributed by atoms with Gasteiger partial charge < -0.3 is 10.1 Å². The zero-order valence-corrected chi connectivity index (χ0v) is 18.7. The molecule has 1 aromatic rings. The van der Waals surface area contributed by atoms with Crippen LogP contribution < -0.4 is 5.32 Å². The monoisotopic (exact) mass is 427 g/mol. The number of nitrogens with zero attached hydrogens (tertiary/aromatic N) is 2. The van der Waals surface area contributed by atoms with Crippen LogP contribution in [0, 0.1) is 5.92 Å². The van der Waals surface area contributed by atoms with Crippen LogP contribution in [0.25, 0.3) is 0 Å². The molecule has 4 rings (SSSR count). The fourth-order valence-corrected chi connectivity index (χ4v) is 5.57. The maximum Gasteiger partial charge on any atom is 0.234 e. The first-order valence-electron chi connectivity index (χ1n) is 12.1. The van der Waals surface area contributed by atoms with E-state index >= 15 is 0 Å². The number of ether oxygens (including phenoxy) is 1. The molecule has 1 aromatic carbocycles. The van der Waals surface area contributed by atoms with E-state index in [9.17, 15) is 9.59 Å². The number of amides is 1. The Bertz CT molecular complexity index is 719. The third-order valence-electron chi connectivity index (χ3n) is 7.46. The molecule has 170 valence electrons. The lowest BCUT2D eigenvalue weighted by molar-refractivity contribution is -0.123. The highest BCUT2D eigenvalue weighted by atomic mass is 16.5. The highest BCUT2D eigenvalue weighted by Gasteiger charge is 2.39. The van der Waals surface area contributed by atoms with Gasteiger partial charge in [-0.25, -0.2) is 0 Å². The lowest BCUT2D eigenvalue weighted by Gasteiger charge is -2.48. The largest absolute Gasteiger partial charge is 0.379 e. The Labute approximate surface area is 186 Å². The van der Waals surface area contributed by atoms with Gasteiger partial charge in [0.25, 0.3) is 0 Å². The summed E-state index contributed by atoms with van der Waals surface area (Å²) in [5.41, 5.74) is 0.909. The lowest BCUT2D eigenvalue weighted by Crippen LogP contribution is -2.60. The maximum atomic E-state index is 12.8. The van der Waals surface area contributed by atoms with Gasteiger partial charge in [-0.05, 0) is 38.8 Å². The summed E-state index contributed by atoms with van der Waals surface area (Å²) in [7, 11) is 0. The van der Waals surface area contributed by atoms with Gasteiger partial charge in [-0.2, -0.15) is 0 Å². The summed E-state index contributed by atoms with van der Waals surface area (Å²) in [5, 5.41) is 3.27. The van der Waals surface area contributed by atoms with Gasteiger partial charge in [0.15, 0.2) is 5.78 Å². The molecule has 0 bridgehead atoms. The molecule has 31 heavy (non-hydrogen) atoms. The second-order valence-electron chi connectivity index (χ2n) is 9.44. The Morgan fingerprint density at radius 1 is 0.968 bits per heavy atom. The van der Waals surface area contributed by atoms with E-state index in [-0.39, 0.29) is 23.1 Å². The third-order valence-corrected chi connectivity index (χ3v) is 7.46. The molecular weight excluding hydrogens is 390 g/mol. The molecule has 1 saturated carbocycles. The van der Waals surface area contributed by atoms with Crippen molar-refractivity contribution in [1.82, 2.24) is 15.1 Å². The van der Waals surface area contributed by atoms with Gasteiger partial charge >= 0.3 is 0 Å². The predicted octanol–water partition coefficient (Wildman–Crippen LogP) is 2.73.